The molecule has 3 amide bonds. The fraction of sp³-hybridized carbons (Fsp3) is 0.111. The number of amides is 3. The Morgan fingerprint density at radius 3 is 2.23 bits per heavy atom. The number of rotatable bonds is 12. The molecule has 5 rings (SSSR count). The lowest BCUT2D eigenvalue weighted by Gasteiger charge is -2.13. The number of thiazole rings is 1. The van der Waals surface area contributed by atoms with E-state index in [2.05, 4.69) is 20.9 Å². The third-order valence-corrected chi connectivity index (χ3v) is 8.75. The van der Waals surface area contributed by atoms with Gasteiger partial charge >= 0.3 is 0 Å². The Kier molecular flexibility index (Phi) is 11.1. The Balaban J connectivity index is 1.22. The van der Waals surface area contributed by atoms with Crippen LogP contribution in [0.15, 0.2) is 119 Å². The first-order valence-corrected chi connectivity index (χ1v) is 16.3. The van der Waals surface area contributed by atoms with Gasteiger partial charge in [0.05, 0.1) is 25.2 Å². The predicted molar refractivity (Wildman–Crippen MR) is 188 cm³/mol. The van der Waals surface area contributed by atoms with E-state index in [0.717, 1.165) is 21.9 Å². The van der Waals surface area contributed by atoms with E-state index in [9.17, 15) is 14.4 Å². The number of carbonyl (C=O) groups is 3. The highest BCUT2D eigenvalue weighted by Crippen LogP contribution is 2.29. The van der Waals surface area contributed by atoms with Gasteiger partial charge in [0, 0.05) is 32.7 Å². The van der Waals surface area contributed by atoms with E-state index < -0.39 is 17.1 Å². The van der Waals surface area contributed by atoms with E-state index in [1.807, 2.05) is 66.9 Å². The smallest absolute Gasteiger partial charge is 0.272 e. The van der Waals surface area contributed by atoms with Crippen LogP contribution in [0.4, 0.5) is 10.8 Å². The first kappa shape index (κ1) is 33.0. The highest BCUT2D eigenvalue weighted by atomic mass is 32.2. The molecule has 0 aliphatic rings. The third-order valence-electron chi connectivity index (χ3n) is 6.88. The van der Waals surface area contributed by atoms with E-state index >= 15 is 0 Å². The maximum absolute atomic E-state index is 13.4. The SMILES string of the molecule is COc1ccc(-c2csc(NC(=O)C(C)Sc3ccc(NC(=O)/C(=C/c4ccccc4OC)NC(=O)c4ccccc4)cc3)n2)cc1. The highest BCUT2D eigenvalue weighted by Gasteiger charge is 2.18. The molecular weight excluding hydrogens is 633 g/mol. The van der Waals surface area contributed by atoms with Crippen molar-refractivity contribution < 1.29 is 23.9 Å². The molecule has 9 nitrogen and oxygen atoms in total. The summed E-state index contributed by atoms with van der Waals surface area (Å²) in [7, 11) is 3.16. The first-order chi connectivity index (χ1) is 22.8. The molecule has 1 heterocycles. The van der Waals surface area contributed by atoms with Crippen molar-refractivity contribution in [3.05, 3.63) is 125 Å². The van der Waals surface area contributed by atoms with Gasteiger partial charge in [0.1, 0.15) is 17.2 Å². The van der Waals surface area contributed by atoms with Gasteiger partial charge in [-0.15, -0.1) is 23.1 Å². The number of carbonyl (C=O) groups excluding carboxylic acids is 3. The molecule has 0 spiro atoms. The predicted octanol–water partition coefficient (Wildman–Crippen LogP) is 7.36. The van der Waals surface area contributed by atoms with E-state index in [0.29, 0.717) is 27.7 Å². The van der Waals surface area contributed by atoms with Crippen LogP contribution < -0.4 is 25.4 Å². The Labute approximate surface area is 281 Å². The summed E-state index contributed by atoms with van der Waals surface area (Å²) in [6, 6.07) is 30.5. The van der Waals surface area contributed by atoms with Crippen LogP contribution in [0.3, 0.4) is 0 Å². The molecule has 0 radical (unpaired) electrons. The van der Waals surface area contributed by atoms with E-state index in [-0.39, 0.29) is 11.6 Å². The number of ether oxygens (including phenoxy) is 2. The topological polar surface area (TPSA) is 119 Å². The lowest BCUT2D eigenvalue weighted by atomic mass is 10.1. The number of benzene rings is 4. The van der Waals surface area contributed by atoms with E-state index in [1.54, 1.807) is 61.7 Å². The molecule has 0 fully saturated rings. The monoisotopic (exact) mass is 664 g/mol. The van der Waals surface area contributed by atoms with Crippen molar-refractivity contribution in [3.63, 3.8) is 0 Å². The minimum absolute atomic E-state index is 0.0458. The van der Waals surface area contributed by atoms with Crippen LogP contribution >= 0.6 is 23.1 Å². The number of anilines is 2. The number of nitrogens with one attached hydrogen (secondary N) is 3. The Morgan fingerprint density at radius 2 is 1.53 bits per heavy atom. The summed E-state index contributed by atoms with van der Waals surface area (Å²) in [6.45, 7) is 1.82. The van der Waals surface area contributed by atoms with Crippen LogP contribution in [0.1, 0.15) is 22.8 Å². The van der Waals surface area contributed by atoms with Crippen molar-refractivity contribution in [1.82, 2.24) is 10.3 Å². The molecule has 5 aromatic rings. The first-order valence-electron chi connectivity index (χ1n) is 14.5. The van der Waals surface area contributed by atoms with Gasteiger partial charge in [-0.05, 0) is 79.7 Å². The number of hydrogen-bond acceptors (Lipinski definition) is 8. The van der Waals surface area contributed by atoms with Crippen LogP contribution in [0.2, 0.25) is 0 Å². The Hall–Kier alpha value is -5.39. The maximum atomic E-state index is 13.4. The molecule has 11 heteroatoms. The summed E-state index contributed by atoms with van der Waals surface area (Å²) in [4.78, 5) is 44.7. The van der Waals surface area contributed by atoms with Crippen molar-refractivity contribution in [3.8, 4) is 22.8 Å². The number of hydrogen-bond donors (Lipinski definition) is 3. The number of nitrogens with zero attached hydrogens (tertiary/aromatic N) is 1. The number of aromatic nitrogens is 1. The van der Waals surface area contributed by atoms with Crippen molar-refractivity contribution >= 4 is 57.7 Å². The molecule has 0 aliphatic carbocycles. The normalized spacial score (nSPS) is 11.7. The Morgan fingerprint density at radius 1 is 0.830 bits per heavy atom. The number of thioether (sulfide) groups is 1. The van der Waals surface area contributed by atoms with Crippen LogP contribution in [0.5, 0.6) is 11.5 Å². The van der Waals surface area contributed by atoms with Crippen molar-refractivity contribution in [1.29, 1.82) is 0 Å². The second-order valence-electron chi connectivity index (χ2n) is 10.1. The van der Waals surface area contributed by atoms with Gasteiger partial charge in [-0.3, -0.25) is 14.4 Å². The summed E-state index contributed by atoms with van der Waals surface area (Å²) in [5.74, 6) is 0.209. The van der Waals surface area contributed by atoms with Gasteiger partial charge in [0.15, 0.2) is 5.13 Å². The van der Waals surface area contributed by atoms with Crippen molar-refractivity contribution in [2.45, 2.75) is 17.1 Å². The molecule has 4 aromatic carbocycles. The lowest BCUT2D eigenvalue weighted by molar-refractivity contribution is -0.115. The van der Waals surface area contributed by atoms with Crippen LogP contribution in [-0.4, -0.2) is 42.2 Å². The fourth-order valence-electron chi connectivity index (χ4n) is 4.39. The van der Waals surface area contributed by atoms with E-state index in [1.165, 1.54) is 30.2 Å². The molecule has 0 saturated carbocycles. The van der Waals surface area contributed by atoms with Crippen molar-refractivity contribution in [2.75, 3.05) is 24.9 Å². The van der Waals surface area contributed by atoms with Gasteiger partial charge in [0.2, 0.25) is 5.91 Å². The van der Waals surface area contributed by atoms with Crippen LogP contribution in [0.25, 0.3) is 17.3 Å². The molecule has 0 bridgehead atoms. The van der Waals surface area contributed by atoms with Gasteiger partial charge in [-0.1, -0.05) is 36.4 Å². The maximum Gasteiger partial charge on any atom is 0.272 e. The van der Waals surface area contributed by atoms with Crippen LogP contribution in [0, 0.1) is 0 Å². The number of methoxy groups -OCH3 is 2. The molecule has 0 aliphatic heterocycles. The quantitative estimate of drug-likeness (QED) is 0.0943. The molecule has 3 N–H and O–H groups in total. The third kappa shape index (κ3) is 8.87. The highest BCUT2D eigenvalue weighted by molar-refractivity contribution is 8.00. The molecule has 1 aromatic heterocycles. The summed E-state index contributed by atoms with van der Waals surface area (Å²) in [5, 5.41) is 10.5. The van der Waals surface area contributed by atoms with Gasteiger partial charge in [0.25, 0.3) is 11.8 Å². The zero-order valence-corrected chi connectivity index (χ0v) is 27.5. The molecular formula is C36H32N4O5S2. The van der Waals surface area contributed by atoms with Gasteiger partial charge in [-0.25, -0.2) is 4.98 Å². The fourth-order valence-corrected chi connectivity index (χ4v) is 5.98. The number of para-hydroxylation sites is 1. The standard InChI is InChI=1S/C36H32N4O5S2/c1-23(33(41)40-36-39-31(22-46-36)24-13-17-28(44-2)18-14-24)47-29-19-15-27(16-20-29)37-35(43)30(21-26-11-7-8-12-32(26)45-3)38-34(42)25-9-5-4-6-10-25/h4-23H,1-3H3,(H,37,43)(H,38,42)(H,39,40,41)/b30-21-. The minimum atomic E-state index is -0.509. The average molecular weight is 665 g/mol. The second kappa shape index (κ2) is 15.7. The van der Waals surface area contributed by atoms with Crippen LogP contribution in [-0.2, 0) is 9.59 Å². The molecule has 0 saturated heterocycles. The molecule has 1 atom stereocenters. The Bertz CT molecular complexity index is 1870. The lowest BCUT2D eigenvalue weighted by Crippen LogP contribution is -2.30. The molecule has 1 unspecified atom stereocenters. The zero-order chi connectivity index (χ0) is 33.2. The summed E-state index contributed by atoms with van der Waals surface area (Å²) < 4.78 is 10.6. The summed E-state index contributed by atoms with van der Waals surface area (Å²) >= 11 is 2.74. The van der Waals surface area contributed by atoms with Gasteiger partial charge < -0.3 is 25.4 Å². The molecule has 238 valence electrons. The minimum Gasteiger partial charge on any atom is -0.497 e. The summed E-state index contributed by atoms with van der Waals surface area (Å²) in [5.41, 5.74) is 3.31. The van der Waals surface area contributed by atoms with Gasteiger partial charge in [-0.2, -0.15) is 0 Å². The molecule has 47 heavy (non-hydrogen) atoms. The average Bonchev–Trinajstić information content (AvgIpc) is 3.57. The summed E-state index contributed by atoms with van der Waals surface area (Å²) in [6.07, 6.45) is 1.57. The van der Waals surface area contributed by atoms with E-state index in [4.69, 9.17) is 9.47 Å². The zero-order valence-electron chi connectivity index (χ0n) is 25.9. The second-order valence-corrected chi connectivity index (χ2v) is 12.4. The largest absolute Gasteiger partial charge is 0.497 e. The van der Waals surface area contributed by atoms with Crippen molar-refractivity contribution in [2.24, 2.45) is 0 Å².